The molecule has 0 aliphatic rings. The van der Waals surface area contributed by atoms with Gasteiger partial charge in [0.05, 0.1) is 23.9 Å². The van der Waals surface area contributed by atoms with Crippen molar-refractivity contribution in [1.29, 1.82) is 0 Å². The number of amides is 1. The molecule has 1 heterocycles. The minimum Gasteiger partial charge on any atom is -0.495 e. The van der Waals surface area contributed by atoms with Crippen molar-refractivity contribution < 1.29 is 9.53 Å². The van der Waals surface area contributed by atoms with Gasteiger partial charge < -0.3 is 10.1 Å². The van der Waals surface area contributed by atoms with E-state index in [4.69, 9.17) is 4.74 Å². The molecular formula is C21H22N2O2. The monoisotopic (exact) mass is 334 g/mol. The van der Waals surface area contributed by atoms with Crippen LogP contribution < -0.4 is 10.1 Å². The van der Waals surface area contributed by atoms with Gasteiger partial charge in [-0.1, -0.05) is 45.0 Å². The number of fused-ring (bicyclic) bond motifs is 1. The lowest BCUT2D eigenvalue weighted by molar-refractivity contribution is 0.102. The predicted molar refractivity (Wildman–Crippen MR) is 101 cm³/mol. The van der Waals surface area contributed by atoms with Crippen LogP contribution >= 0.6 is 0 Å². The molecule has 0 bridgehead atoms. The Kier molecular flexibility index (Phi) is 4.45. The van der Waals surface area contributed by atoms with Crippen molar-refractivity contribution in [2.45, 2.75) is 26.2 Å². The molecule has 0 fully saturated rings. The van der Waals surface area contributed by atoms with E-state index in [1.54, 1.807) is 19.4 Å². The average molecular weight is 334 g/mol. The van der Waals surface area contributed by atoms with Gasteiger partial charge in [0, 0.05) is 11.6 Å². The molecule has 0 atom stereocenters. The van der Waals surface area contributed by atoms with Crippen LogP contribution in [-0.4, -0.2) is 18.0 Å². The van der Waals surface area contributed by atoms with Gasteiger partial charge in [-0.15, -0.1) is 0 Å². The van der Waals surface area contributed by atoms with Crippen LogP contribution in [0, 0.1) is 0 Å². The van der Waals surface area contributed by atoms with Crippen LogP contribution in [0.2, 0.25) is 0 Å². The third-order valence-electron chi connectivity index (χ3n) is 4.19. The number of rotatable bonds is 3. The van der Waals surface area contributed by atoms with E-state index in [0.717, 1.165) is 10.9 Å². The molecule has 0 aliphatic heterocycles. The van der Waals surface area contributed by atoms with Gasteiger partial charge in [-0.25, -0.2) is 0 Å². The Balaban J connectivity index is 2.00. The number of pyridine rings is 1. The largest absolute Gasteiger partial charge is 0.495 e. The number of hydrogen-bond acceptors (Lipinski definition) is 3. The summed E-state index contributed by atoms with van der Waals surface area (Å²) in [6.45, 7) is 6.40. The lowest BCUT2D eigenvalue weighted by atomic mass is 9.87. The molecule has 0 unspecified atom stereocenters. The number of nitrogens with zero attached hydrogens (tertiary/aromatic N) is 1. The van der Waals surface area contributed by atoms with Crippen molar-refractivity contribution in [1.82, 2.24) is 4.98 Å². The maximum atomic E-state index is 12.9. The number of carbonyl (C=O) groups is 1. The molecule has 3 aromatic rings. The van der Waals surface area contributed by atoms with Crippen LogP contribution in [-0.2, 0) is 5.41 Å². The standard InChI is InChI=1S/C21H22N2O2/c1-21(2,3)15-10-11-18(25-4)17(13-15)23-20(24)16-9-5-7-14-8-6-12-22-19(14)16/h5-13H,1-4H3,(H,23,24). The molecule has 0 saturated heterocycles. The number of methoxy groups -OCH3 is 1. The fourth-order valence-electron chi connectivity index (χ4n) is 2.75. The molecule has 4 heteroatoms. The topological polar surface area (TPSA) is 51.2 Å². The number of carbonyl (C=O) groups excluding carboxylic acids is 1. The highest BCUT2D eigenvalue weighted by Gasteiger charge is 2.18. The number of ether oxygens (including phenoxy) is 1. The number of hydrogen-bond donors (Lipinski definition) is 1. The molecule has 1 N–H and O–H groups in total. The van der Waals surface area contributed by atoms with Gasteiger partial charge in [0.25, 0.3) is 5.91 Å². The summed E-state index contributed by atoms with van der Waals surface area (Å²) in [6, 6.07) is 15.3. The molecule has 0 spiro atoms. The average Bonchev–Trinajstić information content (AvgIpc) is 2.60. The number of nitrogens with one attached hydrogen (secondary N) is 1. The SMILES string of the molecule is COc1ccc(C(C)(C)C)cc1NC(=O)c1cccc2cccnc12. The Morgan fingerprint density at radius 2 is 1.84 bits per heavy atom. The van der Waals surface area contributed by atoms with Gasteiger partial charge in [-0.3, -0.25) is 9.78 Å². The quantitative estimate of drug-likeness (QED) is 0.749. The highest BCUT2D eigenvalue weighted by atomic mass is 16.5. The van der Waals surface area contributed by atoms with E-state index in [9.17, 15) is 4.79 Å². The molecule has 1 aromatic heterocycles. The molecule has 1 amide bonds. The summed E-state index contributed by atoms with van der Waals surface area (Å²) in [5.41, 5.74) is 2.99. The van der Waals surface area contributed by atoms with E-state index in [-0.39, 0.29) is 11.3 Å². The summed E-state index contributed by atoms with van der Waals surface area (Å²) in [4.78, 5) is 17.2. The molecule has 25 heavy (non-hydrogen) atoms. The number of benzene rings is 2. The Labute approximate surface area is 147 Å². The van der Waals surface area contributed by atoms with E-state index in [1.807, 2.05) is 42.5 Å². The molecule has 2 aromatic carbocycles. The molecule has 128 valence electrons. The smallest absolute Gasteiger partial charge is 0.257 e. The first kappa shape index (κ1) is 17.0. The summed E-state index contributed by atoms with van der Waals surface area (Å²) >= 11 is 0. The molecule has 0 saturated carbocycles. The van der Waals surface area contributed by atoms with Gasteiger partial charge in [-0.2, -0.15) is 0 Å². The van der Waals surface area contributed by atoms with Crippen LogP contribution in [0.15, 0.2) is 54.7 Å². The van der Waals surface area contributed by atoms with Gasteiger partial charge >= 0.3 is 0 Å². The zero-order valence-electron chi connectivity index (χ0n) is 15.0. The minimum absolute atomic E-state index is 0.0211. The normalized spacial score (nSPS) is 11.4. The second-order valence-corrected chi connectivity index (χ2v) is 7.00. The molecule has 0 aliphatic carbocycles. The molecule has 3 rings (SSSR count). The highest BCUT2D eigenvalue weighted by Crippen LogP contribution is 2.32. The fraction of sp³-hybridized carbons (Fsp3) is 0.238. The van der Waals surface area contributed by atoms with Crippen molar-refractivity contribution in [2.75, 3.05) is 12.4 Å². The van der Waals surface area contributed by atoms with E-state index in [2.05, 4.69) is 31.1 Å². The van der Waals surface area contributed by atoms with E-state index in [0.29, 0.717) is 22.5 Å². The maximum absolute atomic E-state index is 12.9. The van der Waals surface area contributed by atoms with Crippen LogP contribution in [0.5, 0.6) is 5.75 Å². The number of aromatic nitrogens is 1. The zero-order chi connectivity index (χ0) is 18.0. The van der Waals surface area contributed by atoms with Crippen LogP contribution in [0.4, 0.5) is 5.69 Å². The second-order valence-electron chi connectivity index (χ2n) is 7.00. The highest BCUT2D eigenvalue weighted by molar-refractivity contribution is 6.12. The van der Waals surface area contributed by atoms with Crippen molar-refractivity contribution in [3.8, 4) is 5.75 Å². The number of anilines is 1. The lowest BCUT2D eigenvalue weighted by Gasteiger charge is -2.21. The zero-order valence-corrected chi connectivity index (χ0v) is 15.0. The third kappa shape index (κ3) is 3.48. The van der Waals surface area contributed by atoms with Crippen molar-refractivity contribution in [3.63, 3.8) is 0 Å². The summed E-state index contributed by atoms with van der Waals surface area (Å²) in [6.07, 6.45) is 1.69. The van der Waals surface area contributed by atoms with Gasteiger partial charge in [0.2, 0.25) is 0 Å². The Morgan fingerprint density at radius 3 is 2.56 bits per heavy atom. The van der Waals surface area contributed by atoms with Gasteiger partial charge in [0.15, 0.2) is 0 Å². The van der Waals surface area contributed by atoms with Crippen LogP contribution in [0.25, 0.3) is 10.9 Å². The Hall–Kier alpha value is -2.88. The Morgan fingerprint density at radius 1 is 1.08 bits per heavy atom. The second kappa shape index (κ2) is 6.55. The minimum atomic E-state index is -0.200. The van der Waals surface area contributed by atoms with E-state index < -0.39 is 0 Å². The van der Waals surface area contributed by atoms with Crippen molar-refractivity contribution in [3.05, 3.63) is 65.9 Å². The van der Waals surface area contributed by atoms with E-state index in [1.165, 1.54) is 0 Å². The number of para-hydroxylation sites is 1. The third-order valence-corrected chi connectivity index (χ3v) is 4.19. The van der Waals surface area contributed by atoms with Gasteiger partial charge in [-0.05, 0) is 35.2 Å². The first-order chi connectivity index (χ1) is 11.9. The van der Waals surface area contributed by atoms with Gasteiger partial charge in [0.1, 0.15) is 5.75 Å². The molecule has 4 nitrogen and oxygen atoms in total. The van der Waals surface area contributed by atoms with Crippen molar-refractivity contribution in [2.24, 2.45) is 0 Å². The first-order valence-electron chi connectivity index (χ1n) is 8.24. The molecule has 0 radical (unpaired) electrons. The van der Waals surface area contributed by atoms with E-state index >= 15 is 0 Å². The van der Waals surface area contributed by atoms with Crippen molar-refractivity contribution >= 4 is 22.5 Å². The summed E-state index contributed by atoms with van der Waals surface area (Å²) in [5.74, 6) is 0.434. The summed E-state index contributed by atoms with van der Waals surface area (Å²) < 4.78 is 5.41. The summed E-state index contributed by atoms with van der Waals surface area (Å²) in [7, 11) is 1.60. The lowest BCUT2D eigenvalue weighted by Crippen LogP contribution is -2.16. The maximum Gasteiger partial charge on any atom is 0.257 e. The first-order valence-corrected chi connectivity index (χ1v) is 8.24. The van der Waals surface area contributed by atoms with Crippen LogP contribution in [0.1, 0.15) is 36.7 Å². The van der Waals surface area contributed by atoms with Crippen LogP contribution in [0.3, 0.4) is 0 Å². The predicted octanol–water partition coefficient (Wildman–Crippen LogP) is 4.79. The Bertz CT molecular complexity index is 921. The fourth-order valence-corrected chi connectivity index (χ4v) is 2.75. The summed E-state index contributed by atoms with van der Waals surface area (Å²) in [5, 5.41) is 3.91. The molecular weight excluding hydrogens is 312 g/mol.